The van der Waals surface area contributed by atoms with E-state index < -0.39 is 32.3 Å². The van der Waals surface area contributed by atoms with E-state index in [4.69, 9.17) is 32.8 Å². The highest BCUT2D eigenvalue weighted by atomic mass is 28.4. The molecule has 0 spiro atoms. The molecule has 0 amide bonds. The zero-order chi connectivity index (χ0) is 36.5. The Kier molecular flexibility index (Phi) is 20.7. The number of carbonyl (C=O) groups excluding carboxylic acids is 2. The summed E-state index contributed by atoms with van der Waals surface area (Å²) in [5.41, 5.74) is 2.23. The SMILES string of the molecule is CCOC(=O)/C(C)=C/[C@H](C)C[C@H](OCOC)[C@H](/C=C/CC[C@@H](C)C1(CC[C@H](C)CO[Si](C(C)C)(C(C)C)C(C)C)OCCO1)OC(C)=O. The summed E-state index contributed by atoms with van der Waals surface area (Å²) < 4.78 is 41.5. The van der Waals surface area contributed by atoms with Crippen LogP contribution < -0.4 is 0 Å². The van der Waals surface area contributed by atoms with Crippen molar-refractivity contribution in [1.29, 1.82) is 0 Å². The minimum Gasteiger partial charge on any atom is -0.463 e. The van der Waals surface area contributed by atoms with Gasteiger partial charge in [-0.2, -0.15) is 0 Å². The minimum atomic E-state index is -1.91. The van der Waals surface area contributed by atoms with Crippen molar-refractivity contribution in [2.45, 2.75) is 150 Å². The molecule has 1 saturated heterocycles. The fraction of sp³-hybridized carbons (Fsp3) is 0.842. The molecular weight excluding hydrogens is 628 g/mol. The van der Waals surface area contributed by atoms with Gasteiger partial charge in [0.1, 0.15) is 19.0 Å². The van der Waals surface area contributed by atoms with E-state index in [1.165, 1.54) is 6.92 Å². The Hall–Kier alpha value is -1.56. The Morgan fingerprint density at radius 3 is 2.04 bits per heavy atom. The molecule has 5 atom stereocenters. The highest BCUT2D eigenvalue weighted by Gasteiger charge is 2.46. The van der Waals surface area contributed by atoms with Gasteiger partial charge in [-0.1, -0.05) is 74.5 Å². The van der Waals surface area contributed by atoms with E-state index in [1.807, 2.05) is 25.2 Å². The maximum atomic E-state index is 12.1. The highest BCUT2D eigenvalue weighted by molar-refractivity contribution is 6.77. The smallest absolute Gasteiger partial charge is 0.333 e. The molecule has 48 heavy (non-hydrogen) atoms. The lowest BCUT2D eigenvalue weighted by Crippen LogP contribution is -2.48. The number of esters is 2. The number of ether oxygens (including phenoxy) is 6. The average molecular weight is 699 g/mol. The van der Waals surface area contributed by atoms with Crippen LogP contribution >= 0.6 is 0 Å². The predicted octanol–water partition coefficient (Wildman–Crippen LogP) is 8.77. The second kappa shape index (κ2) is 22.3. The molecule has 0 aromatic rings. The maximum absolute atomic E-state index is 12.1. The van der Waals surface area contributed by atoms with Crippen molar-refractivity contribution < 1.29 is 42.4 Å². The average Bonchev–Trinajstić information content (AvgIpc) is 3.49. The van der Waals surface area contributed by atoms with Crippen molar-refractivity contribution in [3.05, 3.63) is 23.8 Å². The Bertz CT molecular complexity index is 965. The first-order valence-electron chi connectivity index (χ1n) is 18.3. The third kappa shape index (κ3) is 14.0. The fourth-order valence-electron chi connectivity index (χ4n) is 7.32. The van der Waals surface area contributed by atoms with Crippen LogP contribution in [0.2, 0.25) is 16.6 Å². The molecule has 0 saturated carbocycles. The predicted molar refractivity (Wildman–Crippen MR) is 194 cm³/mol. The molecule has 1 rings (SSSR count). The van der Waals surface area contributed by atoms with Gasteiger partial charge in [-0.05, 0) is 74.1 Å². The van der Waals surface area contributed by atoms with Crippen molar-refractivity contribution in [1.82, 2.24) is 0 Å². The molecule has 0 aromatic carbocycles. The van der Waals surface area contributed by atoms with Gasteiger partial charge in [-0.25, -0.2) is 4.79 Å². The molecule has 0 aliphatic carbocycles. The Morgan fingerprint density at radius 2 is 1.52 bits per heavy atom. The molecule has 1 aliphatic rings. The van der Waals surface area contributed by atoms with Crippen LogP contribution in [0.4, 0.5) is 0 Å². The van der Waals surface area contributed by atoms with Crippen LogP contribution in [0.1, 0.15) is 115 Å². The lowest BCUT2D eigenvalue weighted by molar-refractivity contribution is -0.199. The monoisotopic (exact) mass is 698 g/mol. The summed E-state index contributed by atoms with van der Waals surface area (Å²) in [5.74, 6) is -0.814. The molecule has 1 fully saturated rings. The summed E-state index contributed by atoms with van der Waals surface area (Å²) >= 11 is 0. The zero-order valence-corrected chi connectivity index (χ0v) is 33.6. The van der Waals surface area contributed by atoms with Gasteiger partial charge in [0.25, 0.3) is 0 Å². The number of methoxy groups -OCH3 is 1. The summed E-state index contributed by atoms with van der Waals surface area (Å²) in [6.45, 7) is 27.7. The zero-order valence-electron chi connectivity index (χ0n) is 32.6. The largest absolute Gasteiger partial charge is 0.463 e. The van der Waals surface area contributed by atoms with E-state index in [2.05, 4.69) is 55.4 Å². The molecule has 1 aliphatic heterocycles. The number of carbonyl (C=O) groups is 2. The molecule has 0 N–H and O–H groups in total. The van der Waals surface area contributed by atoms with E-state index in [9.17, 15) is 9.59 Å². The highest BCUT2D eigenvalue weighted by Crippen LogP contribution is 2.43. The summed E-state index contributed by atoms with van der Waals surface area (Å²) in [7, 11) is -0.358. The summed E-state index contributed by atoms with van der Waals surface area (Å²) in [4.78, 5) is 24.2. The first-order chi connectivity index (χ1) is 22.6. The molecule has 0 aromatic heterocycles. The van der Waals surface area contributed by atoms with Crippen molar-refractivity contribution in [3.63, 3.8) is 0 Å². The fourth-order valence-corrected chi connectivity index (χ4v) is 12.9. The Labute approximate surface area is 293 Å². The lowest BCUT2D eigenvalue weighted by Gasteiger charge is -2.43. The van der Waals surface area contributed by atoms with Crippen LogP contribution in [0, 0.1) is 17.8 Å². The first-order valence-corrected chi connectivity index (χ1v) is 20.4. The van der Waals surface area contributed by atoms with Crippen LogP contribution in [0.25, 0.3) is 0 Å². The van der Waals surface area contributed by atoms with E-state index in [0.717, 1.165) is 32.3 Å². The first kappa shape index (κ1) is 44.5. The van der Waals surface area contributed by atoms with Gasteiger partial charge in [0.05, 0.1) is 19.8 Å². The standard InChI is InChI=1S/C38H70O9Si/c1-14-42-37(40)32(10)23-31(9)24-36(43-26-41-13)35(47-34(12)39)18-16-15-17-33(11)38(44-21-22-45-38)20-19-30(8)25-46-48(27(2)3,28(4)5)29(6)7/h16,18,23,27-31,33,35-36H,14-15,17,19-22,24-26H2,1-13H3/b18-16+,32-23+/t30-,31-,33+,35-,36-/m0/s1. The maximum Gasteiger partial charge on any atom is 0.333 e. The number of hydrogen-bond acceptors (Lipinski definition) is 9. The summed E-state index contributed by atoms with van der Waals surface area (Å²) in [6.07, 6.45) is 8.64. The van der Waals surface area contributed by atoms with Gasteiger partial charge in [0, 0.05) is 38.6 Å². The van der Waals surface area contributed by atoms with E-state index in [0.29, 0.717) is 54.4 Å². The van der Waals surface area contributed by atoms with Crippen LogP contribution in [0.15, 0.2) is 23.8 Å². The third-order valence-corrected chi connectivity index (χ3v) is 15.8. The van der Waals surface area contributed by atoms with Gasteiger partial charge in [-0.15, -0.1) is 0 Å². The molecule has 0 radical (unpaired) electrons. The molecular formula is C38H70O9Si. The van der Waals surface area contributed by atoms with E-state index in [-0.39, 0.29) is 24.6 Å². The molecule has 10 heteroatoms. The number of hydrogen-bond donors (Lipinski definition) is 0. The molecule has 0 bridgehead atoms. The quantitative estimate of drug-likeness (QED) is 0.0322. The second-order valence-corrected chi connectivity index (χ2v) is 20.1. The van der Waals surface area contributed by atoms with Gasteiger partial charge in [0.15, 0.2) is 14.1 Å². The van der Waals surface area contributed by atoms with Crippen molar-refractivity contribution >= 4 is 20.3 Å². The number of rotatable bonds is 24. The molecule has 280 valence electrons. The van der Waals surface area contributed by atoms with Crippen molar-refractivity contribution in [2.24, 2.45) is 17.8 Å². The van der Waals surface area contributed by atoms with Crippen molar-refractivity contribution in [2.75, 3.05) is 40.3 Å². The normalized spacial score (nSPS) is 18.8. The number of allylic oxidation sites excluding steroid dienone is 2. The second-order valence-electron chi connectivity index (χ2n) is 14.7. The molecule has 9 nitrogen and oxygen atoms in total. The summed E-state index contributed by atoms with van der Waals surface area (Å²) in [5, 5.41) is 0. The van der Waals surface area contributed by atoms with Crippen LogP contribution in [0.5, 0.6) is 0 Å². The van der Waals surface area contributed by atoms with Gasteiger partial charge in [-0.3, -0.25) is 4.79 Å². The van der Waals surface area contributed by atoms with Crippen LogP contribution in [0.3, 0.4) is 0 Å². The molecule has 1 heterocycles. The van der Waals surface area contributed by atoms with Crippen LogP contribution in [-0.2, 0) is 42.4 Å². The third-order valence-electron chi connectivity index (χ3n) is 9.73. The Balaban J connectivity index is 2.93. The summed E-state index contributed by atoms with van der Waals surface area (Å²) in [6, 6.07) is 0. The lowest BCUT2D eigenvalue weighted by atomic mass is 9.89. The van der Waals surface area contributed by atoms with Crippen molar-refractivity contribution in [3.8, 4) is 0 Å². The van der Waals surface area contributed by atoms with Crippen LogP contribution in [-0.4, -0.2) is 78.6 Å². The van der Waals surface area contributed by atoms with Gasteiger partial charge >= 0.3 is 11.9 Å². The van der Waals surface area contributed by atoms with Gasteiger partial charge < -0.3 is 32.8 Å². The minimum absolute atomic E-state index is 0.0352. The van der Waals surface area contributed by atoms with Gasteiger partial charge in [0.2, 0.25) is 0 Å². The van der Waals surface area contributed by atoms with E-state index >= 15 is 0 Å². The molecule has 0 unspecified atom stereocenters. The Morgan fingerprint density at radius 1 is 0.917 bits per heavy atom. The van der Waals surface area contributed by atoms with E-state index in [1.54, 1.807) is 21.0 Å². The topological polar surface area (TPSA) is 98.8 Å².